The van der Waals surface area contributed by atoms with Crippen molar-refractivity contribution in [3.05, 3.63) is 29.5 Å². The summed E-state index contributed by atoms with van der Waals surface area (Å²) < 4.78 is 11.2. The van der Waals surface area contributed by atoms with E-state index < -0.39 is 6.04 Å². The second-order valence-electron chi connectivity index (χ2n) is 6.61. The fraction of sp³-hybridized carbons (Fsp3) is 0.474. The summed E-state index contributed by atoms with van der Waals surface area (Å²) in [6.07, 6.45) is 0. The smallest absolute Gasteiger partial charge is 0.243 e. The molecule has 2 amide bonds. The lowest BCUT2D eigenvalue weighted by atomic mass is 10.0. The molecule has 1 aromatic heterocycles. The number of carbonyl (C=O) groups is 2. The summed E-state index contributed by atoms with van der Waals surface area (Å²) in [6, 6.07) is 4.71. The van der Waals surface area contributed by atoms with Gasteiger partial charge in [-0.3, -0.25) is 9.59 Å². The van der Waals surface area contributed by atoms with Crippen LogP contribution >= 0.6 is 0 Å². The average molecular weight is 346 g/mol. The van der Waals surface area contributed by atoms with Crippen LogP contribution in [0.1, 0.15) is 45.1 Å². The molecule has 0 radical (unpaired) electrons. The molecule has 6 heteroatoms. The highest BCUT2D eigenvalue weighted by Crippen LogP contribution is 2.32. The summed E-state index contributed by atoms with van der Waals surface area (Å²) in [5.41, 5.74) is 1.71. The Morgan fingerprint density at radius 1 is 1.16 bits per heavy atom. The van der Waals surface area contributed by atoms with Crippen LogP contribution in [0.4, 0.5) is 0 Å². The zero-order valence-electron chi connectivity index (χ0n) is 15.6. The lowest BCUT2D eigenvalue weighted by Gasteiger charge is -2.23. The number of hydrogen-bond acceptors (Lipinski definition) is 4. The molecular formula is C19H26N2O4. The Morgan fingerprint density at radius 3 is 2.40 bits per heavy atom. The Hall–Kier alpha value is -2.50. The van der Waals surface area contributed by atoms with Gasteiger partial charge in [-0.05, 0) is 38.0 Å². The van der Waals surface area contributed by atoms with E-state index in [-0.39, 0.29) is 23.8 Å². The van der Waals surface area contributed by atoms with Gasteiger partial charge in [-0.1, -0.05) is 13.8 Å². The number of methoxy groups -OCH3 is 1. The molecule has 0 unspecified atom stereocenters. The molecule has 136 valence electrons. The molecule has 25 heavy (non-hydrogen) atoms. The highest BCUT2D eigenvalue weighted by molar-refractivity contribution is 5.88. The number of hydrogen-bond donors (Lipinski definition) is 2. The molecule has 2 aromatic rings. The fourth-order valence-corrected chi connectivity index (χ4v) is 2.88. The van der Waals surface area contributed by atoms with Crippen molar-refractivity contribution < 1.29 is 18.7 Å². The number of carbonyl (C=O) groups excluding carboxylic acids is 2. The van der Waals surface area contributed by atoms with E-state index in [2.05, 4.69) is 10.6 Å². The van der Waals surface area contributed by atoms with E-state index in [4.69, 9.17) is 9.15 Å². The number of benzene rings is 1. The molecule has 0 aliphatic heterocycles. The van der Waals surface area contributed by atoms with Crippen molar-refractivity contribution in [1.29, 1.82) is 0 Å². The fourth-order valence-electron chi connectivity index (χ4n) is 2.88. The molecular weight excluding hydrogens is 320 g/mol. The van der Waals surface area contributed by atoms with E-state index >= 15 is 0 Å². The predicted octanol–water partition coefficient (Wildman–Crippen LogP) is 3.09. The minimum atomic E-state index is -0.579. The topological polar surface area (TPSA) is 80.6 Å². The van der Waals surface area contributed by atoms with Gasteiger partial charge in [0.05, 0.1) is 13.2 Å². The van der Waals surface area contributed by atoms with Crippen molar-refractivity contribution >= 4 is 22.8 Å². The largest absolute Gasteiger partial charge is 0.497 e. The highest BCUT2D eigenvalue weighted by Gasteiger charge is 2.26. The van der Waals surface area contributed by atoms with E-state index in [1.807, 2.05) is 45.9 Å². The maximum absolute atomic E-state index is 12.5. The standard InChI is InChI=1S/C19H26N2O4/c1-10(2)17(21-13(5)22)19(23)20-12(4)18-11(3)15-9-14(24-6)7-8-16(15)25-18/h7-10,12,17H,1-6H3,(H,20,23)(H,21,22)/t12-,17+/m1/s1. The lowest BCUT2D eigenvalue weighted by molar-refractivity contribution is -0.129. The molecule has 2 atom stereocenters. The molecule has 0 saturated carbocycles. The zero-order valence-corrected chi connectivity index (χ0v) is 15.6. The lowest BCUT2D eigenvalue weighted by Crippen LogP contribution is -2.49. The number of amides is 2. The first-order valence-electron chi connectivity index (χ1n) is 8.39. The molecule has 6 nitrogen and oxygen atoms in total. The van der Waals surface area contributed by atoms with Gasteiger partial charge in [0.15, 0.2) is 0 Å². The van der Waals surface area contributed by atoms with Crippen molar-refractivity contribution in [2.45, 2.75) is 46.7 Å². The van der Waals surface area contributed by atoms with Gasteiger partial charge in [-0.15, -0.1) is 0 Å². The van der Waals surface area contributed by atoms with Crippen LogP contribution in [-0.2, 0) is 9.59 Å². The third kappa shape index (κ3) is 4.13. The maximum Gasteiger partial charge on any atom is 0.243 e. The molecule has 0 bridgehead atoms. The van der Waals surface area contributed by atoms with Gasteiger partial charge in [0, 0.05) is 17.9 Å². The first kappa shape index (κ1) is 18.8. The van der Waals surface area contributed by atoms with E-state index in [1.165, 1.54) is 6.92 Å². The Bertz CT molecular complexity index is 779. The summed E-state index contributed by atoms with van der Waals surface area (Å²) >= 11 is 0. The molecule has 1 aromatic carbocycles. The van der Waals surface area contributed by atoms with Crippen LogP contribution in [0.2, 0.25) is 0 Å². The van der Waals surface area contributed by atoms with Crippen LogP contribution in [0, 0.1) is 12.8 Å². The second-order valence-corrected chi connectivity index (χ2v) is 6.61. The maximum atomic E-state index is 12.5. The third-order valence-electron chi connectivity index (χ3n) is 4.24. The van der Waals surface area contributed by atoms with Gasteiger partial charge in [-0.25, -0.2) is 0 Å². The van der Waals surface area contributed by atoms with Gasteiger partial charge in [0.2, 0.25) is 11.8 Å². The van der Waals surface area contributed by atoms with Gasteiger partial charge in [0.25, 0.3) is 0 Å². The quantitative estimate of drug-likeness (QED) is 0.842. The number of rotatable bonds is 6. The molecule has 0 aliphatic rings. The Labute approximate surface area is 147 Å². The number of aryl methyl sites for hydroxylation is 1. The summed E-state index contributed by atoms with van der Waals surface area (Å²) in [6.45, 7) is 9.01. The molecule has 0 spiro atoms. The normalized spacial score (nSPS) is 13.6. The highest BCUT2D eigenvalue weighted by atomic mass is 16.5. The monoisotopic (exact) mass is 346 g/mol. The van der Waals surface area contributed by atoms with E-state index in [0.717, 1.165) is 22.3 Å². The van der Waals surface area contributed by atoms with E-state index in [0.29, 0.717) is 5.76 Å². The Kier molecular flexibility index (Phi) is 5.72. The summed E-state index contributed by atoms with van der Waals surface area (Å²) in [4.78, 5) is 23.9. The van der Waals surface area contributed by atoms with Gasteiger partial charge in [0.1, 0.15) is 23.1 Å². The first-order chi connectivity index (χ1) is 11.7. The minimum absolute atomic E-state index is 0.0165. The summed E-state index contributed by atoms with van der Waals surface area (Å²) in [7, 11) is 1.62. The molecule has 0 fully saturated rings. The van der Waals surface area contributed by atoms with Crippen molar-refractivity contribution in [1.82, 2.24) is 10.6 Å². The first-order valence-corrected chi connectivity index (χ1v) is 8.39. The van der Waals surface area contributed by atoms with Crippen molar-refractivity contribution in [2.75, 3.05) is 7.11 Å². The van der Waals surface area contributed by atoms with Crippen LogP contribution in [-0.4, -0.2) is 25.0 Å². The molecule has 2 rings (SSSR count). The van der Waals surface area contributed by atoms with E-state index in [1.54, 1.807) is 7.11 Å². The SMILES string of the molecule is COc1ccc2oc([C@@H](C)NC(=O)[C@@H](NC(C)=O)C(C)C)c(C)c2c1. The van der Waals surface area contributed by atoms with Crippen molar-refractivity contribution in [2.24, 2.45) is 5.92 Å². The summed E-state index contributed by atoms with van der Waals surface area (Å²) in [5, 5.41) is 6.58. The van der Waals surface area contributed by atoms with Crippen LogP contribution in [0.3, 0.4) is 0 Å². The molecule has 0 saturated heterocycles. The second kappa shape index (κ2) is 7.59. The van der Waals surface area contributed by atoms with Crippen LogP contribution in [0.5, 0.6) is 5.75 Å². The number of fused-ring (bicyclic) bond motifs is 1. The van der Waals surface area contributed by atoms with Crippen LogP contribution < -0.4 is 15.4 Å². The van der Waals surface area contributed by atoms with Gasteiger partial charge in [-0.2, -0.15) is 0 Å². The minimum Gasteiger partial charge on any atom is -0.497 e. The Balaban J connectivity index is 2.23. The zero-order chi connectivity index (χ0) is 18.7. The number of nitrogens with one attached hydrogen (secondary N) is 2. The average Bonchev–Trinajstić information content (AvgIpc) is 2.88. The number of furan rings is 1. The third-order valence-corrected chi connectivity index (χ3v) is 4.24. The van der Waals surface area contributed by atoms with E-state index in [9.17, 15) is 9.59 Å². The van der Waals surface area contributed by atoms with Gasteiger partial charge >= 0.3 is 0 Å². The van der Waals surface area contributed by atoms with Crippen molar-refractivity contribution in [3.63, 3.8) is 0 Å². The Morgan fingerprint density at radius 2 is 1.84 bits per heavy atom. The van der Waals surface area contributed by atoms with Crippen LogP contribution in [0.15, 0.2) is 22.6 Å². The molecule has 0 aliphatic carbocycles. The van der Waals surface area contributed by atoms with Gasteiger partial charge < -0.3 is 19.8 Å². The number of ether oxygens (including phenoxy) is 1. The van der Waals surface area contributed by atoms with Crippen molar-refractivity contribution in [3.8, 4) is 5.75 Å². The molecule has 2 N–H and O–H groups in total. The van der Waals surface area contributed by atoms with Crippen LogP contribution in [0.25, 0.3) is 11.0 Å². The predicted molar refractivity (Wildman–Crippen MR) is 96.5 cm³/mol. The summed E-state index contributed by atoms with van der Waals surface area (Å²) in [5.74, 6) is 0.980. The molecule has 1 heterocycles.